The van der Waals surface area contributed by atoms with Crippen LogP contribution in [0.5, 0.6) is 0 Å². The molecule has 1 heteroatoms. The van der Waals surface area contributed by atoms with E-state index >= 15 is 0 Å². The summed E-state index contributed by atoms with van der Waals surface area (Å²) in [5, 5.41) is 0. The van der Waals surface area contributed by atoms with Gasteiger partial charge in [-0.25, -0.2) is 0 Å². The molecule has 0 atom stereocenters. The molecule has 0 saturated heterocycles. The summed E-state index contributed by atoms with van der Waals surface area (Å²) < 4.78 is 4.77. The molecule has 0 aliphatic carbocycles. The van der Waals surface area contributed by atoms with Gasteiger partial charge in [0.2, 0.25) is 0 Å². The quantitative estimate of drug-likeness (QED) is 0.356. The molecule has 0 aliphatic rings. The fourth-order valence-corrected chi connectivity index (χ4v) is 0.923. The van der Waals surface area contributed by atoms with E-state index in [1.165, 1.54) is 11.1 Å². The highest BCUT2D eigenvalue weighted by atomic mass is 16.5. The number of allylic oxidation sites excluding steroid dienone is 3. The van der Waals surface area contributed by atoms with Gasteiger partial charge in [-0.2, -0.15) is 0 Å². The lowest BCUT2D eigenvalue weighted by Gasteiger charge is -1.98. The Balaban J connectivity index is 3.62. The molecular formula is C12H18O. The second-order valence-electron chi connectivity index (χ2n) is 3.30. The largest absolute Gasteiger partial charge is 0.443 e. The van der Waals surface area contributed by atoms with Crippen LogP contribution in [0.15, 0.2) is 23.3 Å². The number of hydrogen-bond donors (Lipinski definition) is 0. The third kappa shape index (κ3) is 8.75. The predicted octanol–water partition coefficient (Wildman–Crippen LogP) is 3.29. The fourth-order valence-electron chi connectivity index (χ4n) is 0.923. The first kappa shape index (κ1) is 11.8. The minimum atomic E-state index is 0.525. The molecule has 1 nitrogen and oxygen atoms in total. The minimum Gasteiger partial charge on any atom is -0.443 e. The van der Waals surface area contributed by atoms with Crippen molar-refractivity contribution in [1.29, 1.82) is 0 Å². The van der Waals surface area contributed by atoms with E-state index in [9.17, 15) is 0 Å². The smallest absolute Gasteiger partial charge is 0.118 e. The van der Waals surface area contributed by atoms with Gasteiger partial charge in [-0.3, -0.25) is 0 Å². The summed E-state index contributed by atoms with van der Waals surface area (Å²) in [7, 11) is 0. The average Bonchev–Trinajstić information content (AvgIpc) is 2.04. The Hall–Kier alpha value is -1.16. The topological polar surface area (TPSA) is 9.23 Å². The lowest BCUT2D eigenvalue weighted by molar-refractivity contribution is 0.320. The molecule has 0 aromatic rings. The first-order valence-corrected chi connectivity index (χ1v) is 4.53. The van der Waals surface area contributed by atoms with E-state index in [4.69, 9.17) is 11.2 Å². The van der Waals surface area contributed by atoms with Gasteiger partial charge in [-0.1, -0.05) is 23.6 Å². The lowest BCUT2D eigenvalue weighted by atomic mass is 10.1. The third-order valence-electron chi connectivity index (χ3n) is 1.69. The van der Waals surface area contributed by atoms with E-state index in [-0.39, 0.29) is 0 Å². The average molecular weight is 178 g/mol. The Morgan fingerprint density at radius 2 is 2.00 bits per heavy atom. The van der Waals surface area contributed by atoms with E-state index in [0.29, 0.717) is 6.61 Å². The van der Waals surface area contributed by atoms with Crippen LogP contribution in [0.1, 0.15) is 33.6 Å². The summed E-state index contributed by atoms with van der Waals surface area (Å²) in [4.78, 5) is 0. The van der Waals surface area contributed by atoms with Crippen LogP contribution in [0.4, 0.5) is 0 Å². The lowest BCUT2D eigenvalue weighted by Crippen LogP contribution is -1.84. The Bertz CT molecular complexity index is 224. The molecule has 0 amide bonds. The SMILES string of the molecule is C#COC/C=C(\C)CCC=C(C)C. The summed E-state index contributed by atoms with van der Waals surface area (Å²) in [5.74, 6) is 0. The molecule has 13 heavy (non-hydrogen) atoms. The standard InChI is InChI=1S/C12H18O/c1-5-13-10-9-12(4)8-6-7-11(2)3/h1,7,9H,6,8,10H2,2-4H3/b12-9+. The summed E-state index contributed by atoms with van der Waals surface area (Å²) in [6.07, 6.45) is 13.5. The highest BCUT2D eigenvalue weighted by Gasteiger charge is 1.88. The van der Waals surface area contributed by atoms with E-state index < -0.39 is 0 Å². The van der Waals surface area contributed by atoms with Gasteiger partial charge in [0.1, 0.15) is 12.7 Å². The fraction of sp³-hybridized carbons (Fsp3) is 0.500. The number of rotatable bonds is 5. The van der Waals surface area contributed by atoms with Crippen LogP contribution in [-0.4, -0.2) is 6.61 Å². The predicted molar refractivity (Wildman–Crippen MR) is 57.2 cm³/mol. The van der Waals surface area contributed by atoms with Crippen molar-refractivity contribution >= 4 is 0 Å². The summed E-state index contributed by atoms with van der Waals surface area (Å²) in [6, 6.07) is 0. The Morgan fingerprint density at radius 3 is 2.54 bits per heavy atom. The first-order valence-electron chi connectivity index (χ1n) is 4.53. The van der Waals surface area contributed by atoms with Crippen molar-refractivity contribution < 1.29 is 4.74 Å². The molecule has 0 saturated carbocycles. The molecule has 0 aromatic carbocycles. The molecule has 0 aliphatic heterocycles. The third-order valence-corrected chi connectivity index (χ3v) is 1.69. The van der Waals surface area contributed by atoms with Crippen molar-refractivity contribution in [3.05, 3.63) is 23.3 Å². The van der Waals surface area contributed by atoms with Crippen LogP contribution in [0.25, 0.3) is 0 Å². The molecular weight excluding hydrogens is 160 g/mol. The van der Waals surface area contributed by atoms with Gasteiger partial charge in [0.05, 0.1) is 0 Å². The molecule has 0 unspecified atom stereocenters. The van der Waals surface area contributed by atoms with Gasteiger partial charge < -0.3 is 4.74 Å². The van der Waals surface area contributed by atoms with Crippen LogP contribution in [0.3, 0.4) is 0 Å². The molecule has 0 N–H and O–H groups in total. The van der Waals surface area contributed by atoms with Crippen molar-refractivity contribution in [3.63, 3.8) is 0 Å². The van der Waals surface area contributed by atoms with Crippen LogP contribution >= 0.6 is 0 Å². The molecule has 0 heterocycles. The second kappa shape index (κ2) is 7.49. The zero-order chi connectivity index (χ0) is 10.1. The molecule has 0 aromatic heterocycles. The second-order valence-corrected chi connectivity index (χ2v) is 3.30. The Kier molecular flexibility index (Phi) is 6.82. The van der Waals surface area contributed by atoms with E-state index in [0.717, 1.165) is 12.8 Å². The van der Waals surface area contributed by atoms with Crippen molar-refractivity contribution in [2.24, 2.45) is 0 Å². The molecule has 0 fully saturated rings. The minimum absolute atomic E-state index is 0.525. The van der Waals surface area contributed by atoms with Gasteiger partial charge in [0, 0.05) is 0 Å². The van der Waals surface area contributed by atoms with Crippen molar-refractivity contribution in [1.82, 2.24) is 0 Å². The first-order chi connectivity index (χ1) is 6.16. The van der Waals surface area contributed by atoms with Gasteiger partial charge in [-0.15, -0.1) is 0 Å². The number of terminal acetylenes is 1. The van der Waals surface area contributed by atoms with Crippen LogP contribution in [0, 0.1) is 12.5 Å². The summed E-state index contributed by atoms with van der Waals surface area (Å²) in [5.41, 5.74) is 2.69. The monoisotopic (exact) mass is 178 g/mol. The Labute approximate surface area is 81.5 Å². The number of hydrogen-bond acceptors (Lipinski definition) is 1. The van der Waals surface area contributed by atoms with E-state index in [1.807, 2.05) is 6.08 Å². The van der Waals surface area contributed by atoms with Gasteiger partial charge in [0.15, 0.2) is 0 Å². The molecule has 72 valence electrons. The highest BCUT2D eigenvalue weighted by Crippen LogP contribution is 2.05. The number of ether oxygens (including phenoxy) is 1. The molecule has 0 radical (unpaired) electrons. The van der Waals surface area contributed by atoms with Crippen LogP contribution < -0.4 is 0 Å². The van der Waals surface area contributed by atoms with E-state index in [2.05, 4.69) is 33.0 Å². The zero-order valence-electron chi connectivity index (χ0n) is 8.76. The zero-order valence-corrected chi connectivity index (χ0v) is 8.76. The van der Waals surface area contributed by atoms with Crippen LogP contribution in [-0.2, 0) is 4.74 Å². The van der Waals surface area contributed by atoms with Crippen LogP contribution in [0.2, 0.25) is 0 Å². The summed E-state index contributed by atoms with van der Waals surface area (Å²) in [6.45, 7) is 6.84. The Morgan fingerprint density at radius 1 is 1.31 bits per heavy atom. The summed E-state index contributed by atoms with van der Waals surface area (Å²) >= 11 is 0. The van der Waals surface area contributed by atoms with Crippen molar-refractivity contribution in [3.8, 4) is 12.5 Å². The van der Waals surface area contributed by atoms with Gasteiger partial charge in [-0.05, 0) is 39.7 Å². The molecule has 0 rings (SSSR count). The maximum absolute atomic E-state index is 4.94. The maximum atomic E-state index is 4.94. The van der Waals surface area contributed by atoms with E-state index in [1.54, 1.807) is 0 Å². The highest BCUT2D eigenvalue weighted by molar-refractivity contribution is 5.02. The van der Waals surface area contributed by atoms with Crippen molar-refractivity contribution in [2.45, 2.75) is 33.6 Å². The molecule has 0 spiro atoms. The van der Waals surface area contributed by atoms with Gasteiger partial charge >= 0.3 is 0 Å². The van der Waals surface area contributed by atoms with Crippen molar-refractivity contribution in [2.75, 3.05) is 6.61 Å². The normalized spacial score (nSPS) is 10.5. The van der Waals surface area contributed by atoms with Gasteiger partial charge in [0.25, 0.3) is 0 Å². The molecule has 0 bridgehead atoms. The maximum Gasteiger partial charge on any atom is 0.118 e.